The van der Waals surface area contributed by atoms with E-state index in [2.05, 4.69) is 10.2 Å². The van der Waals surface area contributed by atoms with E-state index in [0.717, 1.165) is 24.2 Å². The minimum absolute atomic E-state index is 0.0204. The second-order valence-electron chi connectivity index (χ2n) is 8.77. The summed E-state index contributed by atoms with van der Waals surface area (Å²) in [6.45, 7) is 7.05. The van der Waals surface area contributed by atoms with Crippen LogP contribution in [0.2, 0.25) is 0 Å². The summed E-state index contributed by atoms with van der Waals surface area (Å²) in [5, 5.41) is 3.08. The van der Waals surface area contributed by atoms with E-state index < -0.39 is 5.60 Å². The highest BCUT2D eigenvalue weighted by atomic mass is 16.6. The van der Waals surface area contributed by atoms with Crippen molar-refractivity contribution in [1.82, 2.24) is 15.1 Å². The number of likely N-dealkylation sites (tertiary alicyclic amines) is 1. The highest BCUT2D eigenvalue weighted by molar-refractivity contribution is 5.80. The van der Waals surface area contributed by atoms with E-state index in [1.54, 1.807) is 12.0 Å². The van der Waals surface area contributed by atoms with Gasteiger partial charge in [-0.2, -0.15) is 0 Å². The standard InChI is InChI=1S/C22H35N3O4/c1-22(2,3)29-21(27)25-12-8-10-17(15-25)20(26)23-14-19(24(4)5)16-9-7-11-18(13-16)28-6/h7,9,11,13,17,19H,8,10,12,14-15H2,1-6H3,(H,23,26)/t17-,19+/m1/s1. The van der Waals surface area contributed by atoms with Crippen molar-refractivity contribution < 1.29 is 19.1 Å². The minimum Gasteiger partial charge on any atom is -0.497 e. The van der Waals surface area contributed by atoms with Gasteiger partial charge in [0.15, 0.2) is 0 Å². The Kier molecular flexibility index (Phi) is 7.90. The molecule has 0 aliphatic carbocycles. The molecule has 0 bridgehead atoms. The highest BCUT2D eigenvalue weighted by Crippen LogP contribution is 2.23. The van der Waals surface area contributed by atoms with E-state index >= 15 is 0 Å². The average molecular weight is 406 g/mol. The van der Waals surface area contributed by atoms with Crippen molar-refractivity contribution in [2.45, 2.75) is 45.3 Å². The zero-order valence-corrected chi connectivity index (χ0v) is 18.5. The Morgan fingerprint density at radius 1 is 1.31 bits per heavy atom. The lowest BCUT2D eigenvalue weighted by atomic mass is 9.97. The zero-order valence-electron chi connectivity index (χ0n) is 18.5. The van der Waals surface area contributed by atoms with Crippen LogP contribution in [0.3, 0.4) is 0 Å². The van der Waals surface area contributed by atoms with Gasteiger partial charge in [-0.15, -0.1) is 0 Å². The van der Waals surface area contributed by atoms with Crippen LogP contribution in [0.5, 0.6) is 5.75 Å². The fourth-order valence-corrected chi connectivity index (χ4v) is 3.47. The van der Waals surface area contributed by atoms with Crippen molar-refractivity contribution in [3.63, 3.8) is 0 Å². The van der Waals surface area contributed by atoms with Crippen molar-refractivity contribution in [1.29, 1.82) is 0 Å². The number of benzene rings is 1. The molecule has 0 unspecified atom stereocenters. The van der Waals surface area contributed by atoms with E-state index in [-0.39, 0.29) is 24.0 Å². The summed E-state index contributed by atoms with van der Waals surface area (Å²) < 4.78 is 10.8. The normalized spacial score (nSPS) is 18.3. The maximum Gasteiger partial charge on any atom is 0.410 e. The number of hydrogen-bond donors (Lipinski definition) is 1. The SMILES string of the molecule is COc1cccc([C@H](CNC(=O)[C@@H]2CCCN(C(=O)OC(C)(C)C)C2)N(C)C)c1. The molecular weight excluding hydrogens is 370 g/mol. The summed E-state index contributed by atoms with van der Waals surface area (Å²) in [6, 6.07) is 7.90. The number of methoxy groups -OCH3 is 1. The Morgan fingerprint density at radius 2 is 2.03 bits per heavy atom. The first-order chi connectivity index (χ1) is 13.6. The van der Waals surface area contributed by atoms with E-state index in [4.69, 9.17) is 9.47 Å². The molecule has 1 aromatic carbocycles. The number of carbonyl (C=O) groups excluding carboxylic acids is 2. The lowest BCUT2D eigenvalue weighted by molar-refractivity contribution is -0.126. The van der Waals surface area contributed by atoms with Gasteiger partial charge in [0.05, 0.1) is 19.1 Å². The Hall–Kier alpha value is -2.28. The Bertz CT molecular complexity index is 700. The maximum absolute atomic E-state index is 12.8. The van der Waals surface area contributed by atoms with Gasteiger partial charge < -0.3 is 24.6 Å². The van der Waals surface area contributed by atoms with Gasteiger partial charge in [0.25, 0.3) is 0 Å². The molecule has 0 spiro atoms. The van der Waals surface area contributed by atoms with Gasteiger partial charge in [-0.05, 0) is 65.4 Å². The van der Waals surface area contributed by atoms with Crippen molar-refractivity contribution in [3.8, 4) is 5.75 Å². The molecule has 1 saturated heterocycles. The van der Waals surface area contributed by atoms with E-state index in [1.807, 2.05) is 59.1 Å². The lowest BCUT2D eigenvalue weighted by Crippen LogP contribution is -2.47. The third-order valence-corrected chi connectivity index (χ3v) is 5.02. The number of likely N-dealkylation sites (N-methyl/N-ethyl adjacent to an activating group) is 1. The average Bonchev–Trinajstić information content (AvgIpc) is 2.66. The Morgan fingerprint density at radius 3 is 2.66 bits per heavy atom. The van der Waals surface area contributed by atoms with Gasteiger partial charge in [-0.3, -0.25) is 4.79 Å². The van der Waals surface area contributed by atoms with E-state index in [0.29, 0.717) is 19.6 Å². The van der Waals surface area contributed by atoms with Crippen molar-refractivity contribution in [2.24, 2.45) is 5.92 Å². The molecule has 162 valence electrons. The molecule has 7 nitrogen and oxygen atoms in total. The van der Waals surface area contributed by atoms with Crippen LogP contribution >= 0.6 is 0 Å². The quantitative estimate of drug-likeness (QED) is 0.788. The molecular formula is C22H35N3O4. The Labute approximate surface area is 174 Å². The molecule has 2 amide bonds. The summed E-state index contributed by atoms with van der Waals surface area (Å²) in [5.41, 5.74) is 0.538. The van der Waals surface area contributed by atoms with Gasteiger partial charge in [0.1, 0.15) is 11.4 Å². The predicted molar refractivity (Wildman–Crippen MR) is 113 cm³/mol. The first kappa shape index (κ1) is 23.0. The summed E-state index contributed by atoms with van der Waals surface area (Å²) in [4.78, 5) is 28.9. The summed E-state index contributed by atoms with van der Waals surface area (Å²) >= 11 is 0. The predicted octanol–water partition coefficient (Wildman–Crippen LogP) is 3.06. The summed E-state index contributed by atoms with van der Waals surface area (Å²) in [6.07, 6.45) is 1.22. The number of rotatable bonds is 6. The maximum atomic E-state index is 12.8. The van der Waals surface area contributed by atoms with Gasteiger partial charge in [-0.25, -0.2) is 4.79 Å². The molecule has 1 heterocycles. The third-order valence-electron chi connectivity index (χ3n) is 5.02. The van der Waals surface area contributed by atoms with Gasteiger partial charge in [0.2, 0.25) is 5.91 Å². The second-order valence-corrected chi connectivity index (χ2v) is 8.77. The van der Waals surface area contributed by atoms with Crippen LogP contribution in [0.15, 0.2) is 24.3 Å². The second kappa shape index (κ2) is 9.96. The molecule has 2 atom stereocenters. The fraction of sp³-hybridized carbons (Fsp3) is 0.636. The molecule has 0 radical (unpaired) electrons. The zero-order chi connectivity index (χ0) is 21.6. The largest absolute Gasteiger partial charge is 0.497 e. The van der Waals surface area contributed by atoms with Gasteiger partial charge in [0, 0.05) is 19.6 Å². The van der Waals surface area contributed by atoms with Gasteiger partial charge >= 0.3 is 6.09 Å². The summed E-state index contributed by atoms with van der Waals surface area (Å²) in [7, 11) is 5.62. The number of piperidine rings is 1. The molecule has 1 aliphatic heterocycles. The number of nitrogens with one attached hydrogen (secondary N) is 1. The van der Waals surface area contributed by atoms with Crippen LogP contribution in [0.25, 0.3) is 0 Å². The van der Waals surface area contributed by atoms with E-state index in [9.17, 15) is 9.59 Å². The highest BCUT2D eigenvalue weighted by Gasteiger charge is 2.31. The molecule has 2 rings (SSSR count). The first-order valence-corrected chi connectivity index (χ1v) is 10.2. The van der Waals surface area contributed by atoms with Crippen molar-refractivity contribution in [3.05, 3.63) is 29.8 Å². The molecule has 1 N–H and O–H groups in total. The molecule has 1 aromatic rings. The van der Waals surface area contributed by atoms with Crippen LogP contribution in [-0.2, 0) is 9.53 Å². The molecule has 0 aromatic heterocycles. The molecule has 1 aliphatic rings. The van der Waals surface area contributed by atoms with Crippen LogP contribution < -0.4 is 10.1 Å². The Balaban J connectivity index is 1.96. The number of hydrogen-bond acceptors (Lipinski definition) is 5. The van der Waals surface area contributed by atoms with Crippen LogP contribution in [0.4, 0.5) is 4.79 Å². The third kappa shape index (κ3) is 6.92. The number of ether oxygens (including phenoxy) is 2. The number of amides is 2. The molecule has 1 fully saturated rings. The topological polar surface area (TPSA) is 71.1 Å². The van der Waals surface area contributed by atoms with Crippen molar-refractivity contribution in [2.75, 3.05) is 40.8 Å². The lowest BCUT2D eigenvalue weighted by Gasteiger charge is -2.34. The van der Waals surface area contributed by atoms with Crippen LogP contribution in [-0.4, -0.2) is 68.2 Å². The summed E-state index contributed by atoms with van der Waals surface area (Å²) in [5.74, 6) is 0.554. The van der Waals surface area contributed by atoms with E-state index in [1.165, 1.54) is 0 Å². The monoisotopic (exact) mass is 405 g/mol. The number of carbonyl (C=O) groups is 2. The number of nitrogens with zero attached hydrogens (tertiary/aromatic N) is 2. The fourth-order valence-electron chi connectivity index (χ4n) is 3.47. The smallest absolute Gasteiger partial charge is 0.410 e. The van der Waals surface area contributed by atoms with Crippen LogP contribution in [0.1, 0.15) is 45.2 Å². The minimum atomic E-state index is -0.540. The molecule has 29 heavy (non-hydrogen) atoms. The first-order valence-electron chi connectivity index (χ1n) is 10.2. The van der Waals surface area contributed by atoms with Crippen molar-refractivity contribution >= 4 is 12.0 Å². The molecule has 0 saturated carbocycles. The van der Waals surface area contributed by atoms with Crippen LogP contribution in [0, 0.1) is 5.92 Å². The molecule has 7 heteroatoms. The van der Waals surface area contributed by atoms with Gasteiger partial charge in [-0.1, -0.05) is 12.1 Å².